The largest absolute Gasteiger partial charge is 0.384 e. The van der Waals surface area contributed by atoms with Crippen LogP contribution in [-0.4, -0.2) is 35.6 Å². The number of carbonyl (C=O) groups is 1. The van der Waals surface area contributed by atoms with Crippen LogP contribution in [0.2, 0.25) is 5.02 Å². The van der Waals surface area contributed by atoms with Gasteiger partial charge in [-0.25, -0.2) is 0 Å². The minimum atomic E-state index is -0.208. The van der Waals surface area contributed by atoms with E-state index in [1.807, 2.05) is 4.90 Å². The molecule has 0 aromatic heterocycles. The molecule has 0 bridgehead atoms. The van der Waals surface area contributed by atoms with Gasteiger partial charge in [0.05, 0.1) is 5.02 Å². The maximum atomic E-state index is 12.4. The number of hydrogen-bond donors (Lipinski definition) is 1. The van der Waals surface area contributed by atoms with Gasteiger partial charge in [-0.1, -0.05) is 37.3 Å². The maximum absolute atomic E-state index is 12.4. The molecule has 2 rings (SSSR count). The zero-order valence-electron chi connectivity index (χ0n) is 11.7. The second-order valence-electron chi connectivity index (χ2n) is 5.80. The van der Waals surface area contributed by atoms with Crippen molar-refractivity contribution in [3.8, 4) is 11.8 Å². The van der Waals surface area contributed by atoms with Gasteiger partial charge in [0.1, 0.15) is 6.61 Å². The summed E-state index contributed by atoms with van der Waals surface area (Å²) >= 11 is 6.12. The first-order valence-corrected chi connectivity index (χ1v) is 6.99. The van der Waals surface area contributed by atoms with Gasteiger partial charge in [0.15, 0.2) is 0 Å². The molecule has 1 aromatic rings. The molecule has 20 heavy (non-hydrogen) atoms. The van der Waals surface area contributed by atoms with Crippen molar-refractivity contribution in [3.05, 3.63) is 34.3 Å². The van der Waals surface area contributed by atoms with E-state index in [4.69, 9.17) is 16.7 Å². The standard InChI is InChI=1S/C16H18ClNO2/c1-16(2)7-8-18(11-16)15(20)13-6-5-12(4-3-9-19)14(17)10-13/h5-6,10,19H,7-9,11H2,1-2H3. The maximum Gasteiger partial charge on any atom is 0.253 e. The van der Waals surface area contributed by atoms with Crippen molar-refractivity contribution >= 4 is 17.5 Å². The summed E-state index contributed by atoms with van der Waals surface area (Å²) in [6, 6.07) is 5.11. The zero-order valence-corrected chi connectivity index (χ0v) is 12.5. The van der Waals surface area contributed by atoms with Crippen LogP contribution >= 0.6 is 11.6 Å². The number of halogens is 1. The van der Waals surface area contributed by atoms with E-state index < -0.39 is 0 Å². The first-order chi connectivity index (χ1) is 9.43. The SMILES string of the molecule is CC1(C)CCN(C(=O)c2ccc(C#CCO)c(Cl)c2)C1. The van der Waals surface area contributed by atoms with Crippen LogP contribution in [0.25, 0.3) is 0 Å². The van der Waals surface area contributed by atoms with E-state index >= 15 is 0 Å². The summed E-state index contributed by atoms with van der Waals surface area (Å²) in [7, 11) is 0. The molecule has 1 N–H and O–H groups in total. The summed E-state index contributed by atoms with van der Waals surface area (Å²) in [5.41, 5.74) is 1.40. The predicted octanol–water partition coefficient (Wildman–Crippen LogP) is 2.56. The quantitative estimate of drug-likeness (QED) is 0.808. The highest BCUT2D eigenvalue weighted by molar-refractivity contribution is 6.32. The number of aliphatic hydroxyl groups excluding tert-OH is 1. The van der Waals surface area contributed by atoms with Gasteiger partial charge >= 0.3 is 0 Å². The van der Waals surface area contributed by atoms with Crippen LogP contribution in [0.3, 0.4) is 0 Å². The summed E-state index contributed by atoms with van der Waals surface area (Å²) in [5.74, 6) is 5.31. The van der Waals surface area contributed by atoms with Crippen LogP contribution < -0.4 is 0 Å². The summed E-state index contributed by atoms with van der Waals surface area (Å²) in [5, 5.41) is 9.12. The molecule has 0 aliphatic carbocycles. The van der Waals surface area contributed by atoms with Crippen LogP contribution in [-0.2, 0) is 0 Å². The van der Waals surface area contributed by atoms with E-state index in [1.54, 1.807) is 18.2 Å². The predicted molar refractivity (Wildman–Crippen MR) is 79.7 cm³/mol. The third-order valence-electron chi connectivity index (χ3n) is 3.48. The minimum absolute atomic E-state index is 0.0131. The number of benzene rings is 1. The fourth-order valence-corrected chi connectivity index (χ4v) is 2.58. The average molecular weight is 292 g/mol. The molecule has 1 aliphatic heterocycles. The van der Waals surface area contributed by atoms with E-state index in [-0.39, 0.29) is 17.9 Å². The van der Waals surface area contributed by atoms with Crippen LogP contribution in [0.1, 0.15) is 36.2 Å². The number of carbonyl (C=O) groups excluding carboxylic acids is 1. The molecule has 1 amide bonds. The number of rotatable bonds is 1. The lowest BCUT2D eigenvalue weighted by atomic mass is 9.93. The van der Waals surface area contributed by atoms with Gasteiger partial charge in [-0.2, -0.15) is 0 Å². The summed E-state index contributed by atoms with van der Waals surface area (Å²) in [4.78, 5) is 14.3. The molecule has 0 unspecified atom stereocenters. The van der Waals surface area contributed by atoms with Gasteiger partial charge in [0, 0.05) is 24.2 Å². The molecule has 0 radical (unpaired) electrons. The van der Waals surface area contributed by atoms with Gasteiger partial charge in [0.2, 0.25) is 0 Å². The summed E-state index contributed by atoms with van der Waals surface area (Å²) in [6.07, 6.45) is 1.02. The first kappa shape index (κ1) is 14.9. The molecule has 1 aliphatic rings. The number of aliphatic hydroxyl groups is 1. The number of hydrogen-bond acceptors (Lipinski definition) is 2. The average Bonchev–Trinajstić information content (AvgIpc) is 2.77. The van der Waals surface area contributed by atoms with Crippen molar-refractivity contribution in [1.82, 2.24) is 4.90 Å². The first-order valence-electron chi connectivity index (χ1n) is 6.61. The Balaban J connectivity index is 2.18. The van der Waals surface area contributed by atoms with E-state index in [9.17, 15) is 4.79 Å². The highest BCUT2D eigenvalue weighted by Crippen LogP contribution is 2.30. The van der Waals surface area contributed by atoms with Crippen molar-refractivity contribution in [2.45, 2.75) is 20.3 Å². The summed E-state index contributed by atoms with van der Waals surface area (Å²) in [6.45, 7) is 5.69. The van der Waals surface area contributed by atoms with Gasteiger partial charge in [-0.3, -0.25) is 4.79 Å². The number of likely N-dealkylation sites (tertiary alicyclic amines) is 1. The topological polar surface area (TPSA) is 40.5 Å². The molecule has 106 valence electrons. The third kappa shape index (κ3) is 3.33. The minimum Gasteiger partial charge on any atom is -0.384 e. The van der Waals surface area contributed by atoms with Gasteiger partial charge in [-0.05, 0) is 30.0 Å². The van der Waals surface area contributed by atoms with Crippen molar-refractivity contribution < 1.29 is 9.90 Å². The highest BCUT2D eigenvalue weighted by atomic mass is 35.5. The Labute approximate surface area is 124 Å². The Morgan fingerprint density at radius 1 is 1.50 bits per heavy atom. The Kier molecular flexibility index (Phi) is 4.37. The fraction of sp³-hybridized carbons (Fsp3) is 0.438. The molecule has 0 spiro atoms. The fourth-order valence-electron chi connectivity index (χ4n) is 2.35. The van der Waals surface area contributed by atoms with Crippen molar-refractivity contribution in [2.24, 2.45) is 5.41 Å². The third-order valence-corrected chi connectivity index (χ3v) is 3.80. The normalized spacial score (nSPS) is 16.7. The molecule has 1 aromatic carbocycles. The monoisotopic (exact) mass is 291 g/mol. The Bertz CT molecular complexity index is 584. The smallest absolute Gasteiger partial charge is 0.253 e. The van der Waals surface area contributed by atoms with E-state index in [1.165, 1.54) is 0 Å². The molecule has 1 fully saturated rings. The Hall–Kier alpha value is -1.50. The highest BCUT2D eigenvalue weighted by Gasteiger charge is 2.32. The lowest BCUT2D eigenvalue weighted by Crippen LogP contribution is -2.30. The zero-order chi connectivity index (χ0) is 14.8. The van der Waals surface area contributed by atoms with Crippen LogP contribution in [0.5, 0.6) is 0 Å². The van der Waals surface area contributed by atoms with E-state index in [0.29, 0.717) is 16.1 Å². The molecule has 0 saturated carbocycles. The van der Waals surface area contributed by atoms with Gasteiger partial charge in [0.25, 0.3) is 5.91 Å². The second-order valence-corrected chi connectivity index (χ2v) is 6.20. The molecule has 3 nitrogen and oxygen atoms in total. The van der Waals surface area contributed by atoms with E-state index in [0.717, 1.165) is 19.5 Å². The van der Waals surface area contributed by atoms with Crippen LogP contribution in [0.15, 0.2) is 18.2 Å². The lowest BCUT2D eigenvalue weighted by molar-refractivity contribution is 0.0778. The van der Waals surface area contributed by atoms with Crippen LogP contribution in [0.4, 0.5) is 0 Å². The van der Waals surface area contributed by atoms with Crippen molar-refractivity contribution in [1.29, 1.82) is 0 Å². The molecular formula is C16H18ClNO2. The lowest BCUT2D eigenvalue weighted by Gasteiger charge is -2.20. The van der Waals surface area contributed by atoms with Crippen LogP contribution in [0, 0.1) is 17.3 Å². The Morgan fingerprint density at radius 3 is 2.80 bits per heavy atom. The van der Waals surface area contributed by atoms with Gasteiger partial charge in [-0.15, -0.1) is 0 Å². The van der Waals surface area contributed by atoms with E-state index in [2.05, 4.69) is 25.7 Å². The van der Waals surface area contributed by atoms with Crippen molar-refractivity contribution in [3.63, 3.8) is 0 Å². The molecule has 0 atom stereocenters. The van der Waals surface area contributed by atoms with Crippen molar-refractivity contribution in [2.75, 3.05) is 19.7 Å². The molecule has 4 heteroatoms. The Morgan fingerprint density at radius 2 is 2.25 bits per heavy atom. The second kappa shape index (κ2) is 5.87. The molecular weight excluding hydrogens is 274 g/mol. The number of amides is 1. The molecule has 1 saturated heterocycles. The number of nitrogens with zero attached hydrogens (tertiary/aromatic N) is 1. The van der Waals surface area contributed by atoms with Gasteiger partial charge < -0.3 is 10.0 Å². The summed E-state index contributed by atoms with van der Waals surface area (Å²) < 4.78 is 0. The molecule has 1 heterocycles.